The maximum absolute atomic E-state index is 12.1. The Labute approximate surface area is 117 Å². The SMILES string of the molecule is NOc1cncc(NOc2cccc(OC(F)(F)F)c2)c1. The van der Waals surface area contributed by atoms with Gasteiger partial charge in [-0.1, -0.05) is 6.07 Å². The fourth-order valence-electron chi connectivity index (χ4n) is 1.39. The van der Waals surface area contributed by atoms with Gasteiger partial charge in [0.15, 0.2) is 11.5 Å². The fraction of sp³-hybridized carbons (Fsp3) is 0.0833. The number of benzene rings is 1. The number of hydrogen-bond acceptors (Lipinski definition) is 6. The maximum Gasteiger partial charge on any atom is 0.573 e. The molecule has 0 radical (unpaired) electrons. The molecule has 1 heterocycles. The lowest BCUT2D eigenvalue weighted by Crippen LogP contribution is -2.17. The standard InChI is InChI=1S/C12H10F3N3O3/c13-12(14,15)19-9-2-1-3-10(5-9)21-18-8-4-11(20-16)7-17-6-8/h1-7,18H,16H2. The van der Waals surface area contributed by atoms with Crippen LogP contribution in [-0.2, 0) is 0 Å². The summed E-state index contributed by atoms with van der Waals surface area (Å²) in [6, 6.07) is 6.54. The molecular weight excluding hydrogens is 291 g/mol. The Morgan fingerprint density at radius 3 is 2.52 bits per heavy atom. The van der Waals surface area contributed by atoms with Crippen LogP contribution in [-0.4, -0.2) is 11.3 Å². The number of anilines is 1. The van der Waals surface area contributed by atoms with Gasteiger partial charge in [-0.2, -0.15) is 5.90 Å². The molecular formula is C12H10F3N3O3. The summed E-state index contributed by atoms with van der Waals surface area (Å²) < 4.78 is 40.1. The number of nitrogens with two attached hydrogens (primary N) is 1. The molecule has 3 N–H and O–H groups in total. The Hall–Kier alpha value is -2.68. The van der Waals surface area contributed by atoms with E-state index in [1.54, 1.807) is 0 Å². The molecule has 1 aromatic heterocycles. The number of nitrogens with one attached hydrogen (secondary N) is 1. The summed E-state index contributed by atoms with van der Waals surface area (Å²) in [5.41, 5.74) is 2.89. The minimum Gasteiger partial charge on any atom is -0.410 e. The van der Waals surface area contributed by atoms with E-state index in [9.17, 15) is 13.2 Å². The Morgan fingerprint density at radius 2 is 1.81 bits per heavy atom. The van der Waals surface area contributed by atoms with Crippen LogP contribution in [0.4, 0.5) is 18.9 Å². The van der Waals surface area contributed by atoms with Crippen molar-refractivity contribution in [2.45, 2.75) is 6.36 Å². The molecule has 9 heteroatoms. The van der Waals surface area contributed by atoms with Crippen LogP contribution in [0.2, 0.25) is 0 Å². The van der Waals surface area contributed by atoms with Gasteiger partial charge in [0, 0.05) is 12.1 Å². The van der Waals surface area contributed by atoms with Crippen LogP contribution in [0.25, 0.3) is 0 Å². The lowest BCUT2D eigenvalue weighted by molar-refractivity contribution is -0.274. The molecule has 1 aromatic carbocycles. The smallest absolute Gasteiger partial charge is 0.410 e. The van der Waals surface area contributed by atoms with Crippen LogP contribution in [0.15, 0.2) is 42.7 Å². The molecule has 0 spiro atoms. The molecule has 0 fully saturated rings. The zero-order chi connectivity index (χ0) is 15.3. The van der Waals surface area contributed by atoms with Crippen molar-refractivity contribution in [3.05, 3.63) is 42.7 Å². The summed E-state index contributed by atoms with van der Waals surface area (Å²) in [5.74, 6) is 4.99. The Kier molecular flexibility index (Phi) is 4.33. The molecule has 2 rings (SSSR count). The molecule has 0 aliphatic rings. The lowest BCUT2D eigenvalue weighted by Gasteiger charge is -2.11. The van der Waals surface area contributed by atoms with Gasteiger partial charge in [-0.05, 0) is 12.1 Å². The van der Waals surface area contributed by atoms with E-state index in [0.29, 0.717) is 5.69 Å². The highest BCUT2D eigenvalue weighted by Gasteiger charge is 2.31. The third-order valence-corrected chi connectivity index (χ3v) is 2.18. The summed E-state index contributed by atoms with van der Waals surface area (Å²) in [7, 11) is 0. The average molecular weight is 301 g/mol. The molecule has 0 aliphatic carbocycles. The van der Waals surface area contributed by atoms with Crippen molar-refractivity contribution in [2.75, 3.05) is 5.48 Å². The molecule has 6 nitrogen and oxygen atoms in total. The van der Waals surface area contributed by atoms with Gasteiger partial charge in [0.05, 0.1) is 18.1 Å². The van der Waals surface area contributed by atoms with Crippen molar-refractivity contribution in [2.24, 2.45) is 5.90 Å². The third-order valence-electron chi connectivity index (χ3n) is 2.18. The number of ether oxygens (including phenoxy) is 1. The quantitative estimate of drug-likeness (QED) is 0.827. The molecule has 0 saturated heterocycles. The van der Waals surface area contributed by atoms with Crippen molar-refractivity contribution in [3.63, 3.8) is 0 Å². The lowest BCUT2D eigenvalue weighted by atomic mass is 10.3. The van der Waals surface area contributed by atoms with E-state index in [1.165, 1.54) is 30.6 Å². The minimum atomic E-state index is -4.76. The van der Waals surface area contributed by atoms with E-state index < -0.39 is 6.36 Å². The largest absolute Gasteiger partial charge is 0.573 e. The molecule has 2 aromatic rings. The number of pyridine rings is 1. The molecule has 21 heavy (non-hydrogen) atoms. The highest BCUT2D eigenvalue weighted by Crippen LogP contribution is 2.26. The second-order valence-corrected chi connectivity index (χ2v) is 3.75. The first kappa shape index (κ1) is 14.7. The normalized spacial score (nSPS) is 10.9. The van der Waals surface area contributed by atoms with E-state index in [1.807, 2.05) is 0 Å². The Balaban J connectivity index is 2.01. The molecule has 0 aliphatic heterocycles. The van der Waals surface area contributed by atoms with Crippen molar-refractivity contribution in [3.8, 4) is 17.2 Å². The Bertz CT molecular complexity index is 608. The summed E-state index contributed by atoms with van der Waals surface area (Å²) >= 11 is 0. The van der Waals surface area contributed by atoms with E-state index >= 15 is 0 Å². The highest BCUT2D eigenvalue weighted by molar-refractivity contribution is 5.44. The first-order valence-corrected chi connectivity index (χ1v) is 5.57. The van der Waals surface area contributed by atoms with E-state index in [4.69, 9.17) is 10.7 Å². The van der Waals surface area contributed by atoms with Gasteiger partial charge in [0.25, 0.3) is 0 Å². The van der Waals surface area contributed by atoms with Crippen LogP contribution in [0.5, 0.6) is 17.2 Å². The van der Waals surface area contributed by atoms with Crippen molar-refractivity contribution >= 4 is 5.69 Å². The topological polar surface area (TPSA) is 78.6 Å². The molecule has 0 saturated carbocycles. The fourth-order valence-corrected chi connectivity index (χ4v) is 1.39. The van der Waals surface area contributed by atoms with Gasteiger partial charge >= 0.3 is 6.36 Å². The summed E-state index contributed by atoms with van der Waals surface area (Å²) in [5, 5.41) is 0. The number of rotatable bonds is 5. The van der Waals surface area contributed by atoms with E-state index in [0.717, 1.165) is 12.1 Å². The van der Waals surface area contributed by atoms with Gasteiger partial charge in [0.2, 0.25) is 0 Å². The molecule has 0 bridgehead atoms. The zero-order valence-corrected chi connectivity index (χ0v) is 10.4. The molecule has 0 atom stereocenters. The van der Waals surface area contributed by atoms with Gasteiger partial charge in [-0.25, -0.2) is 5.48 Å². The second kappa shape index (κ2) is 6.18. The first-order chi connectivity index (χ1) is 9.96. The summed E-state index contributed by atoms with van der Waals surface area (Å²) in [4.78, 5) is 13.4. The van der Waals surface area contributed by atoms with Crippen molar-refractivity contribution in [1.29, 1.82) is 0 Å². The number of halogens is 3. The highest BCUT2D eigenvalue weighted by atomic mass is 19.4. The molecule has 0 amide bonds. The van der Waals surface area contributed by atoms with Gasteiger partial charge < -0.3 is 14.4 Å². The third kappa shape index (κ3) is 4.73. The van der Waals surface area contributed by atoms with Crippen LogP contribution in [0.3, 0.4) is 0 Å². The maximum atomic E-state index is 12.1. The van der Waals surface area contributed by atoms with Gasteiger partial charge in [0.1, 0.15) is 5.75 Å². The average Bonchev–Trinajstić information content (AvgIpc) is 2.44. The number of hydrogen-bond donors (Lipinski definition) is 2. The van der Waals surface area contributed by atoms with Crippen LogP contribution in [0.1, 0.15) is 0 Å². The number of aromatic nitrogens is 1. The van der Waals surface area contributed by atoms with Crippen LogP contribution in [0, 0.1) is 0 Å². The van der Waals surface area contributed by atoms with Crippen molar-refractivity contribution in [1.82, 2.24) is 4.98 Å². The van der Waals surface area contributed by atoms with Crippen LogP contribution < -0.4 is 25.8 Å². The number of nitrogens with zero attached hydrogens (tertiary/aromatic N) is 1. The first-order valence-electron chi connectivity index (χ1n) is 5.57. The summed E-state index contributed by atoms with van der Waals surface area (Å²) in [6.45, 7) is 0. The van der Waals surface area contributed by atoms with Gasteiger partial charge in [-0.15, -0.1) is 13.2 Å². The minimum absolute atomic E-state index is 0.121. The predicted molar refractivity (Wildman–Crippen MR) is 66.4 cm³/mol. The van der Waals surface area contributed by atoms with E-state index in [-0.39, 0.29) is 17.2 Å². The zero-order valence-electron chi connectivity index (χ0n) is 10.4. The second-order valence-electron chi connectivity index (χ2n) is 3.75. The monoisotopic (exact) mass is 301 g/mol. The predicted octanol–water partition coefficient (Wildman–Crippen LogP) is 2.64. The summed E-state index contributed by atoms with van der Waals surface area (Å²) in [6.07, 6.45) is -1.97. The molecule has 0 unspecified atom stereocenters. The van der Waals surface area contributed by atoms with Crippen molar-refractivity contribution < 1.29 is 27.6 Å². The number of alkyl halides is 3. The Morgan fingerprint density at radius 1 is 1.05 bits per heavy atom. The molecule has 112 valence electrons. The van der Waals surface area contributed by atoms with Gasteiger partial charge in [-0.3, -0.25) is 4.98 Å². The van der Waals surface area contributed by atoms with Crippen LogP contribution >= 0.6 is 0 Å². The van der Waals surface area contributed by atoms with E-state index in [2.05, 4.69) is 20.0 Å².